The average Bonchev–Trinajstić information content (AvgIpc) is 3.18. The second-order valence-electron chi connectivity index (χ2n) is 8.15. The van der Waals surface area contributed by atoms with E-state index in [1.165, 1.54) is 38.5 Å². The summed E-state index contributed by atoms with van der Waals surface area (Å²) in [6.07, 6.45) is 9.07. The van der Waals surface area contributed by atoms with Gasteiger partial charge in [0.2, 0.25) is 5.91 Å². The van der Waals surface area contributed by atoms with E-state index in [1.54, 1.807) is 0 Å². The van der Waals surface area contributed by atoms with Crippen LogP contribution >= 0.6 is 12.4 Å². The minimum absolute atomic E-state index is 0. The normalized spacial score (nSPS) is 31.0. The molecule has 0 spiro atoms. The highest BCUT2D eigenvalue weighted by Gasteiger charge is 2.42. The molecule has 2 N–H and O–H groups in total. The van der Waals surface area contributed by atoms with Crippen molar-refractivity contribution in [2.75, 3.05) is 26.2 Å². The minimum Gasteiger partial charge on any atom is -0.352 e. The molecule has 3 fully saturated rings. The molecule has 3 aliphatic rings. The number of carbonyl (C=O) groups is 1. The fourth-order valence-corrected chi connectivity index (χ4v) is 5.35. The Morgan fingerprint density at radius 1 is 1.21 bits per heavy atom. The van der Waals surface area contributed by atoms with Gasteiger partial charge in [0.15, 0.2) is 0 Å². The van der Waals surface area contributed by atoms with Crippen molar-refractivity contribution in [2.24, 2.45) is 17.8 Å². The maximum atomic E-state index is 12.6. The number of carbonyl (C=O) groups excluding carboxylic acids is 1. The van der Waals surface area contributed by atoms with Gasteiger partial charge in [-0.3, -0.25) is 9.69 Å². The Kier molecular flexibility index (Phi) is 7.83. The van der Waals surface area contributed by atoms with Crippen molar-refractivity contribution in [1.82, 2.24) is 15.5 Å². The molecule has 1 aliphatic heterocycles. The van der Waals surface area contributed by atoms with Crippen molar-refractivity contribution < 1.29 is 4.79 Å². The molecule has 0 aromatic heterocycles. The van der Waals surface area contributed by atoms with Crippen LogP contribution in [-0.4, -0.2) is 49.1 Å². The van der Waals surface area contributed by atoms with Crippen molar-refractivity contribution in [3.8, 4) is 0 Å². The Labute approximate surface area is 153 Å². The highest BCUT2D eigenvalue weighted by Crippen LogP contribution is 2.49. The summed E-state index contributed by atoms with van der Waals surface area (Å²) in [6, 6.07) is 0.939. The number of piperidine rings is 1. The largest absolute Gasteiger partial charge is 0.352 e. The summed E-state index contributed by atoms with van der Waals surface area (Å²) in [4.78, 5) is 15.0. The molecule has 0 aromatic carbocycles. The summed E-state index contributed by atoms with van der Waals surface area (Å²) < 4.78 is 0. The quantitative estimate of drug-likeness (QED) is 0.736. The van der Waals surface area contributed by atoms with Crippen molar-refractivity contribution in [3.05, 3.63) is 0 Å². The fraction of sp³-hybridized carbons (Fsp3) is 0.947. The van der Waals surface area contributed by atoms with Gasteiger partial charge < -0.3 is 10.6 Å². The number of nitrogens with one attached hydrogen (secondary N) is 2. The first kappa shape index (κ1) is 20.0. The molecular weight excluding hydrogens is 322 g/mol. The second-order valence-corrected chi connectivity index (χ2v) is 8.15. The molecule has 2 aliphatic carbocycles. The van der Waals surface area contributed by atoms with Crippen LogP contribution in [0.2, 0.25) is 0 Å². The number of fused-ring (bicyclic) bond motifs is 2. The lowest BCUT2D eigenvalue weighted by Gasteiger charge is -2.35. The molecule has 0 radical (unpaired) electrons. The Balaban J connectivity index is 0.00000208. The highest BCUT2D eigenvalue weighted by molar-refractivity contribution is 5.85. The first-order valence-corrected chi connectivity index (χ1v) is 9.91. The Bertz CT molecular complexity index is 400. The Morgan fingerprint density at radius 3 is 2.54 bits per heavy atom. The number of rotatable bonds is 7. The molecule has 24 heavy (non-hydrogen) atoms. The predicted octanol–water partition coefficient (Wildman–Crippen LogP) is 2.81. The van der Waals surface area contributed by atoms with E-state index < -0.39 is 0 Å². The maximum absolute atomic E-state index is 12.6. The van der Waals surface area contributed by atoms with Crippen molar-refractivity contribution in [1.29, 1.82) is 0 Å². The van der Waals surface area contributed by atoms with Crippen LogP contribution < -0.4 is 10.6 Å². The van der Waals surface area contributed by atoms with Gasteiger partial charge >= 0.3 is 0 Å². The third kappa shape index (κ3) is 4.86. The number of hydrogen-bond acceptors (Lipinski definition) is 3. The molecule has 4 atom stereocenters. The van der Waals surface area contributed by atoms with Crippen LogP contribution in [0.4, 0.5) is 0 Å². The molecule has 2 bridgehead atoms. The van der Waals surface area contributed by atoms with Crippen LogP contribution in [0.25, 0.3) is 0 Å². The van der Waals surface area contributed by atoms with E-state index >= 15 is 0 Å². The van der Waals surface area contributed by atoms with Crippen molar-refractivity contribution in [3.63, 3.8) is 0 Å². The zero-order chi connectivity index (χ0) is 16.2. The number of halogens is 1. The van der Waals surface area contributed by atoms with Gasteiger partial charge in [-0.1, -0.05) is 13.3 Å². The Hall–Kier alpha value is -0.320. The van der Waals surface area contributed by atoms with Gasteiger partial charge in [0.25, 0.3) is 0 Å². The minimum atomic E-state index is 0. The molecule has 4 unspecified atom stereocenters. The molecule has 1 amide bonds. The van der Waals surface area contributed by atoms with Crippen LogP contribution in [0.5, 0.6) is 0 Å². The summed E-state index contributed by atoms with van der Waals surface area (Å²) >= 11 is 0. The molecule has 4 nitrogen and oxygen atoms in total. The van der Waals surface area contributed by atoms with Gasteiger partial charge in [-0.15, -0.1) is 12.4 Å². The van der Waals surface area contributed by atoms with Crippen molar-refractivity contribution in [2.45, 2.75) is 70.9 Å². The third-order valence-corrected chi connectivity index (χ3v) is 6.51. The lowest BCUT2D eigenvalue weighted by molar-refractivity contribution is -0.124. The number of amides is 1. The maximum Gasteiger partial charge on any atom is 0.234 e. The summed E-state index contributed by atoms with van der Waals surface area (Å²) in [5.74, 6) is 2.81. The molecule has 3 rings (SSSR count). The fourth-order valence-electron chi connectivity index (χ4n) is 5.35. The van der Waals surface area contributed by atoms with Gasteiger partial charge in [-0.2, -0.15) is 0 Å². The van der Waals surface area contributed by atoms with E-state index in [0.29, 0.717) is 18.6 Å². The van der Waals surface area contributed by atoms with E-state index in [4.69, 9.17) is 0 Å². The summed E-state index contributed by atoms with van der Waals surface area (Å²) in [5.41, 5.74) is 0. The summed E-state index contributed by atoms with van der Waals surface area (Å²) in [7, 11) is 0. The van der Waals surface area contributed by atoms with Gasteiger partial charge in [0.1, 0.15) is 0 Å². The van der Waals surface area contributed by atoms with Crippen LogP contribution in [0.15, 0.2) is 0 Å². The van der Waals surface area contributed by atoms with Gasteiger partial charge in [-0.25, -0.2) is 0 Å². The topological polar surface area (TPSA) is 44.4 Å². The molecule has 1 saturated heterocycles. The van der Waals surface area contributed by atoms with Gasteiger partial charge in [0.05, 0.1) is 6.54 Å². The Morgan fingerprint density at radius 2 is 1.96 bits per heavy atom. The molecule has 5 heteroatoms. The zero-order valence-corrected chi connectivity index (χ0v) is 16.2. The van der Waals surface area contributed by atoms with Gasteiger partial charge in [-0.05, 0) is 82.8 Å². The van der Waals surface area contributed by atoms with E-state index in [0.717, 1.165) is 43.8 Å². The summed E-state index contributed by atoms with van der Waals surface area (Å²) in [6.45, 7) is 8.26. The van der Waals surface area contributed by atoms with Crippen LogP contribution in [-0.2, 0) is 4.79 Å². The highest BCUT2D eigenvalue weighted by atomic mass is 35.5. The van der Waals surface area contributed by atoms with Crippen LogP contribution in [0.1, 0.15) is 58.8 Å². The van der Waals surface area contributed by atoms with E-state index in [2.05, 4.69) is 29.4 Å². The number of nitrogens with zero attached hydrogens (tertiary/aromatic N) is 1. The monoisotopic (exact) mass is 357 g/mol. The second kappa shape index (κ2) is 9.40. The lowest BCUT2D eigenvalue weighted by Crippen LogP contribution is -2.50. The van der Waals surface area contributed by atoms with Crippen LogP contribution in [0.3, 0.4) is 0 Å². The average molecular weight is 358 g/mol. The number of hydrogen-bond donors (Lipinski definition) is 2. The first-order chi connectivity index (χ1) is 11.2. The van der Waals surface area contributed by atoms with E-state index in [9.17, 15) is 4.79 Å². The molecule has 1 heterocycles. The summed E-state index contributed by atoms with van der Waals surface area (Å²) in [5, 5.41) is 6.76. The van der Waals surface area contributed by atoms with Crippen molar-refractivity contribution >= 4 is 18.3 Å². The van der Waals surface area contributed by atoms with Gasteiger partial charge in [0, 0.05) is 12.1 Å². The molecule has 140 valence electrons. The smallest absolute Gasteiger partial charge is 0.234 e. The molecular formula is C19H36ClN3O. The molecule has 2 saturated carbocycles. The predicted molar refractivity (Wildman–Crippen MR) is 102 cm³/mol. The van der Waals surface area contributed by atoms with E-state index in [1.807, 2.05) is 0 Å². The first-order valence-electron chi connectivity index (χ1n) is 9.91. The lowest BCUT2D eigenvalue weighted by atomic mass is 9.84. The molecule has 0 aromatic rings. The SMILES string of the molecule is CCCN(CC(=O)NC(C)C1CC2CCC1C2)C1CCNCC1.Cl. The standard InChI is InChI=1S/C19H35N3O.ClH/c1-3-10-22(17-6-8-20-9-7-17)13-19(23)21-14(2)18-12-15-4-5-16(18)11-15;/h14-18,20H,3-13H2,1-2H3,(H,21,23);1H. The van der Waals surface area contributed by atoms with E-state index in [-0.39, 0.29) is 18.3 Å². The van der Waals surface area contributed by atoms with Crippen LogP contribution in [0, 0.1) is 17.8 Å². The zero-order valence-electron chi connectivity index (χ0n) is 15.4. The third-order valence-electron chi connectivity index (χ3n) is 6.51.